The number of aromatic nitrogens is 3. The van der Waals surface area contributed by atoms with Crippen molar-refractivity contribution < 1.29 is 0 Å². The van der Waals surface area contributed by atoms with Crippen molar-refractivity contribution in [1.82, 2.24) is 14.5 Å². The minimum absolute atomic E-state index is 0.631. The Morgan fingerprint density at radius 3 is 2.93 bits per heavy atom. The van der Waals surface area contributed by atoms with Crippen LogP contribution in [0.3, 0.4) is 0 Å². The fourth-order valence-corrected chi connectivity index (χ4v) is 2.30. The lowest BCUT2D eigenvalue weighted by molar-refractivity contribution is 0.887. The van der Waals surface area contributed by atoms with Crippen molar-refractivity contribution in [3.05, 3.63) is 22.2 Å². The molecule has 0 amide bonds. The Balaban J connectivity index is 2.75. The Kier molecular flexibility index (Phi) is 2.75. The van der Waals surface area contributed by atoms with Gasteiger partial charge in [0.05, 0.1) is 4.60 Å². The van der Waals surface area contributed by atoms with E-state index in [2.05, 4.69) is 25.9 Å². The van der Waals surface area contributed by atoms with E-state index in [0.717, 1.165) is 27.9 Å². The summed E-state index contributed by atoms with van der Waals surface area (Å²) < 4.78 is 3.07. The zero-order valence-electron chi connectivity index (χ0n) is 8.79. The van der Waals surface area contributed by atoms with Crippen LogP contribution in [0, 0.1) is 6.92 Å². The standard InChI is InChI=1S/C10H13BrN4/c1-6-13-5-8-7(3-4-12)9(11)15(2)10(8)14-6/h5H,3-4,12H2,1-2H3. The average Bonchev–Trinajstić information content (AvgIpc) is 2.44. The number of hydrogen-bond donors (Lipinski definition) is 1. The molecule has 80 valence electrons. The quantitative estimate of drug-likeness (QED) is 0.899. The molecule has 0 aliphatic rings. The van der Waals surface area contributed by atoms with E-state index in [-0.39, 0.29) is 0 Å². The predicted molar refractivity (Wildman–Crippen MR) is 63.7 cm³/mol. The van der Waals surface area contributed by atoms with E-state index in [1.165, 1.54) is 5.56 Å². The topological polar surface area (TPSA) is 56.7 Å². The molecule has 0 spiro atoms. The van der Waals surface area contributed by atoms with E-state index < -0.39 is 0 Å². The van der Waals surface area contributed by atoms with E-state index in [1.54, 1.807) is 0 Å². The van der Waals surface area contributed by atoms with Gasteiger partial charge in [0.25, 0.3) is 0 Å². The van der Waals surface area contributed by atoms with Gasteiger partial charge in [0.1, 0.15) is 11.5 Å². The number of fused-ring (bicyclic) bond motifs is 1. The van der Waals surface area contributed by atoms with Gasteiger partial charge >= 0.3 is 0 Å². The average molecular weight is 269 g/mol. The van der Waals surface area contributed by atoms with Crippen LogP contribution in [0.25, 0.3) is 11.0 Å². The summed E-state index contributed by atoms with van der Waals surface area (Å²) >= 11 is 3.56. The van der Waals surface area contributed by atoms with E-state index in [4.69, 9.17) is 5.73 Å². The molecule has 0 saturated heterocycles. The molecule has 2 rings (SSSR count). The summed E-state index contributed by atoms with van der Waals surface area (Å²) in [6, 6.07) is 0. The molecule has 0 atom stereocenters. The van der Waals surface area contributed by atoms with Crippen molar-refractivity contribution in [2.45, 2.75) is 13.3 Å². The molecular formula is C10H13BrN4. The zero-order valence-corrected chi connectivity index (χ0v) is 10.4. The summed E-state index contributed by atoms with van der Waals surface area (Å²) in [5, 5.41) is 1.08. The molecule has 2 N–H and O–H groups in total. The third-order valence-corrected chi connectivity index (χ3v) is 3.48. The van der Waals surface area contributed by atoms with Crippen molar-refractivity contribution in [1.29, 1.82) is 0 Å². The van der Waals surface area contributed by atoms with Crippen LogP contribution in [0.5, 0.6) is 0 Å². The summed E-state index contributed by atoms with van der Waals surface area (Å²) in [6.45, 7) is 2.52. The van der Waals surface area contributed by atoms with Crippen molar-refractivity contribution in [3.8, 4) is 0 Å². The first kappa shape index (κ1) is 10.6. The minimum Gasteiger partial charge on any atom is -0.330 e. The number of nitrogens with zero attached hydrogens (tertiary/aromatic N) is 3. The lowest BCUT2D eigenvalue weighted by atomic mass is 10.2. The molecule has 0 radical (unpaired) electrons. The van der Waals surface area contributed by atoms with Gasteiger partial charge < -0.3 is 10.3 Å². The Hall–Kier alpha value is -0.940. The van der Waals surface area contributed by atoms with Gasteiger partial charge in [-0.25, -0.2) is 9.97 Å². The van der Waals surface area contributed by atoms with Crippen LogP contribution < -0.4 is 5.73 Å². The molecule has 2 aromatic heterocycles. The monoisotopic (exact) mass is 268 g/mol. The van der Waals surface area contributed by atoms with Gasteiger partial charge in [0.15, 0.2) is 0 Å². The molecule has 15 heavy (non-hydrogen) atoms. The molecular weight excluding hydrogens is 256 g/mol. The van der Waals surface area contributed by atoms with Crippen molar-refractivity contribution in [3.63, 3.8) is 0 Å². The maximum Gasteiger partial charge on any atom is 0.144 e. The van der Waals surface area contributed by atoms with Crippen LogP contribution in [0.4, 0.5) is 0 Å². The van der Waals surface area contributed by atoms with Gasteiger partial charge in [-0.1, -0.05) is 0 Å². The molecule has 0 fully saturated rings. The second-order valence-corrected chi connectivity index (χ2v) is 4.27. The maximum atomic E-state index is 5.59. The Bertz CT molecular complexity index is 504. The summed E-state index contributed by atoms with van der Waals surface area (Å²) in [5.41, 5.74) is 7.73. The van der Waals surface area contributed by atoms with E-state index in [9.17, 15) is 0 Å². The highest BCUT2D eigenvalue weighted by atomic mass is 79.9. The molecule has 0 aliphatic heterocycles. The minimum atomic E-state index is 0.631. The summed E-state index contributed by atoms with van der Waals surface area (Å²) in [7, 11) is 1.98. The van der Waals surface area contributed by atoms with Crippen LogP contribution >= 0.6 is 15.9 Å². The smallest absolute Gasteiger partial charge is 0.144 e. The first-order chi connectivity index (χ1) is 7.15. The highest BCUT2D eigenvalue weighted by molar-refractivity contribution is 9.10. The highest BCUT2D eigenvalue weighted by Gasteiger charge is 2.13. The molecule has 4 nitrogen and oxygen atoms in total. The SMILES string of the molecule is Cc1ncc2c(CCN)c(Br)n(C)c2n1. The Morgan fingerprint density at radius 1 is 1.53 bits per heavy atom. The second kappa shape index (κ2) is 3.90. The van der Waals surface area contributed by atoms with Crippen LogP contribution in [0.1, 0.15) is 11.4 Å². The number of nitrogens with two attached hydrogens (primary N) is 1. The summed E-state index contributed by atoms with van der Waals surface area (Å²) in [4.78, 5) is 8.64. The van der Waals surface area contributed by atoms with Gasteiger partial charge in [0, 0.05) is 18.6 Å². The fourth-order valence-electron chi connectivity index (χ4n) is 1.72. The van der Waals surface area contributed by atoms with Crippen LogP contribution in [-0.2, 0) is 13.5 Å². The predicted octanol–water partition coefficient (Wildman–Crippen LogP) is 1.54. The molecule has 0 saturated carbocycles. The lowest BCUT2D eigenvalue weighted by Gasteiger charge is -1.96. The van der Waals surface area contributed by atoms with Gasteiger partial charge in [-0.2, -0.15) is 0 Å². The van der Waals surface area contributed by atoms with Crippen LogP contribution in [0.2, 0.25) is 0 Å². The van der Waals surface area contributed by atoms with Crippen LogP contribution in [-0.4, -0.2) is 21.1 Å². The highest BCUT2D eigenvalue weighted by Crippen LogP contribution is 2.27. The molecule has 2 heterocycles. The summed E-state index contributed by atoms with van der Waals surface area (Å²) in [6.07, 6.45) is 2.71. The normalized spacial score (nSPS) is 11.2. The Labute approximate surface area is 96.6 Å². The van der Waals surface area contributed by atoms with Crippen molar-refractivity contribution in [2.24, 2.45) is 12.8 Å². The molecule has 0 bridgehead atoms. The van der Waals surface area contributed by atoms with Crippen molar-refractivity contribution >= 4 is 27.0 Å². The van der Waals surface area contributed by atoms with E-state index in [0.29, 0.717) is 6.54 Å². The first-order valence-corrected chi connectivity index (χ1v) is 5.61. The van der Waals surface area contributed by atoms with E-state index in [1.807, 2.05) is 24.7 Å². The van der Waals surface area contributed by atoms with E-state index >= 15 is 0 Å². The van der Waals surface area contributed by atoms with Crippen LogP contribution in [0.15, 0.2) is 10.8 Å². The third kappa shape index (κ3) is 1.66. The fraction of sp³-hybridized carbons (Fsp3) is 0.400. The first-order valence-electron chi connectivity index (χ1n) is 4.81. The molecule has 0 aromatic carbocycles. The third-order valence-electron chi connectivity index (χ3n) is 2.47. The molecule has 2 aromatic rings. The molecule has 0 aliphatic carbocycles. The van der Waals surface area contributed by atoms with Gasteiger partial charge in [-0.3, -0.25) is 0 Å². The Morgan fingerprint density at radius 2 is 2.27 bits per heavy atom. The molecule has 0 unspecified atom stereocenters. The number of aryl methyl sites for hydroxylation is 2. The van der Waals surface area contributed by atoms with Gasteiger partial charge in [0.2, 0.25) is 0 Å². The zero-order chi connectivity index (χ0) is 11.0. The number of halogens is 1. The maximum absolute atomic E-state index is 5.59. The molecule has 5 heteroatoms. The summed E-state index contributed by atoms with van der Waals surface area (Å²) in [5.74, 6) is 0.787. The lowest BCUT2D eigenvalue weighted by Crippen LogP contribution is -2.03. The second-order valence-electron chi connectivity index (χ2n) is 3.52. The largest absolute Gasteiger partial charge is 0.330 e. The number of hydrogen-bond acceptors (Lipinski definition) is 3. The van der Waals surface area contributed by atoms with Gasteiger partial charge in [-0.15, -0.1) is 0 Å². The van der Waals surface area contributed by atoms with Crippen molar-refractivity contribution in [2.75, 3.05) is 6.54 Å². The number of rotatable bonds is 2. The van der Waals surface area contributed by atoms with Gasteiger partial charge in [-0.05, 0) is 41.4 Å².